The Morgan fingerprint density at radius 1 is 0.596 bits per heavy atom. The van der Waals surface area contributed by atoms with Gasteiger partial charge in [-0.15, -0.1) is 0 Å². The van der Waals surface area contributed by atoms with Gasteiger partial charge in [-0.2, -0.15) is 0 Å². The summed E-state index contributed by atoms with van der Waals surface area (Å²) in [6, 6.07) is 41.6. The molecule has 0 unspecified atom stereocenters. The van der Waals surface area contributed by atoms with Gasteiger partial charge in [-0.25, -0.2) is 0 Å². The molecule has 5 aromatic carbocycles. The predicted octanol–water partition coefficient (Wildman–Crippen LogP) is 9.75. The number of aryl methyl sites for hydroxylation is 1. The second-order valence-electron chi connectivity index (χ2n) is 11.9. The van der Waals surface area contributed by atoms with Gasteiger partial charge in [-0.05, 0) is 108 Å². The molecule has 0 saturated carbocycles. The van der Waals surface area contributed by atoms with Crippen LogP contribution in [0.1, 0.15) is 59.7 Å². The summed E-state index contributed by atoms with van der Waals surface area (Å²) < 4.78 is 23.1. The van der Waals surface area contributed by atoms with E-state index in [1.165, 1.54) is 55.6 Å². The number of allylic oxidation sites excluding steroid dienone is 1. The van der Waals surface area contributed by atoms with Gasteiger partial charge in [0, 0.05) is 13.2 Å². The molecule has 1 aliphatic carbocycles. The van der Waals surface area contributed by atoms with Crippen molar-refractivity contribution in [3.8, 4) is 22.6 Å². The maximum Gasteiger partial charge on any atom is 0.119 e. The highest BCUT2D eigenvalue weighted by Gasteiger charge is 2.46. The molecule has 0 heterocycles. The molecule has 0 aliphatic heterocycles. The standard InChI is InChI=1S/C43H44O4/c1-5-44-24-26-46-37-18-14-35(15-19-37)43(36-16-20-38(21-17-36)47-27-25-45-6-2)41-28-31(3)12-22-39(41)40-23-13-33(30-42(40)43)29-32(4)34-10-8-7-9-11-34/h7-23,28-30H,5-6,24-27H2,1-4H3. The van der Waals surface area contributed by atoms with Crippen LogP contribution in [-0.2, 0) is 14.9 Å². The van der Waals surface area contributed by atoms with Crippen LogP contribution in [0.3, 0.4) is 0 Å². The van der Waals surface area contributed by atoms with Crippen molar-refractivity contribution in [2.75, 3.05) is 39.6 Å². The number of rotatable bonds is 14. The lowest BCUT2D eigenvalue weighted by Gasteiger charge is -2.34. The van der Waals surface area contributed by atoms with Crippen LogP contribution < -0.4 is 9.47 Å². The third-order valence-electron chi connectivity index (χ3n) is 8.90. The van der Waals surface area contributed by atoms with Gasteiger partial charge in [0.05, 0.1) is 18.6 Å². The van der Waals surface area contributed by atoms with Gasteiger partial charge < -0.3 is 18.9 Å². The van der Waals surface area contributed by atoms with Crippen LogP contribution in [0.5, 0.6) is 11.5 Å². The van der Waals surface area contributed by atoms with Crippen molar-refractivity contribution in [3.63, 3.8) is 0 Å². The maximum atomic E-state index is 6.04. The Bertz CT molecular complexity index is 1750. The quantitative estimate of drug-likeness (QED) is 0.0893. The van der Waals surface area contributed by atoms with Crippen molar-refractivity contribution in [1.29, 1.82) is 0 Å². The molecule has 0 fully saturated rings. The van der Waals surface area contributed by atoms with E-state index in [-0.39, 0.29) is 0 Å². The van der Waals surface area contributed by atoms with Crippen molar-refractivity contribution in [3.05, 3.63) is 154 Å². The van der Waals surface area contributed by atoms with Crippen LogP contribution in [0.2, 0.25) is 0 Å². The smallest absolute Gasteiger partial charge is 0.119 e. The highest BCUT2D eigenvalue weighted by Crippen LogP contribution is 2.57. The van der Waals surface area contributed by atoms with E-state index in [1.54, 1.807) is 0 Å². The van der Waals surface area contributed by atoms with E-state index in [2.05, 4.69) is 135 Å². The van der Waals surface area contributed by atoms with Gasteiger partial charge in [-0.1, -0.05) is 96.6 Å². The van der Waals surface area contributed by atoms with Gasteiger partial charge in [0.15, 0.2) is 0 Å². The topological polar surface area (TPSA) is 36.9 Å². The summed E-state index contributed by atoms with van der Waals surface area (Å²) in [6.07, 6.45) is 2.29. The van der Waals surface area contributed by atoms with E-state index in [9.17, 15) is 0 Å². The largest absolute Gasteiger partial charge is 0.491 e. The number of ether oxygens (including phenoxy) is 4. The second-order valence-corrected chi connectivity index (χ2v) is 11.9. The molecule has 0 amide bonds. The molecule has 6 rings (SSSR count). The fourth-order valence-corrected chi connectivity index (χ4v) is 6.70. The molecular weight excluding hydrogens is 580 g/mol. The summed E-state index contributed by atoms with van der Waals surface area (Å²) in [5.74, 6) is 1.67. The van der Waals surface area contributed by atoms with E-state index < -0.39 is 5.41 Å². The fraction of sp³-hybridized carbons (Fsp3) is 0.256. The minimum absolute atomic E-state index is 0.518. The molecule has 0 spiro atoms. The molecule has 0 N–H and O–H groups in total. The second kappa shape index (κ2) is 14.8. The molecule has 0 saturated heterocycles. The average Bonchev–Trinajstić information content (AvgIpc) is 3.39. The SMILES string of the molecule is CCOCCOc1ccc(C2(c3ccc(OCCOCC)cc3)c3cc(C)ccc3-c3ccc(C=C(C)c4ccccc4)cc32)cc1. The van der Waals surface area contributed by atoms with Crippen molar-refractivity contribution in [2.45, 2.75) is 33.1 Å². The fourth-order valence-electron chi connectivity index (χ4n) is 6.70. The molecule has 0 aromatic heterocycles. The van der Waals surface area contributed by atoms with Gasteiger partial charge in [0.1, 0.15) is 24.7 Å². The van der Waals surface area contributed by atoms with E-state index in [1.807, 2.05) is 13.8 Å². The Hall–Kier alpha value is -4.64. The lowest BCUT2D eigenvalue weighted by atomic mass is 9.67. The van der Waals surface area contributed by atoms with Crippen LogP contribution in [0.25, 0.3) is 22.8 Å². The molecule has 0 atom stereocenters. The number of fused-ring (bicyclic) bond motifs is 3. The number of hydrogen-bond donors (Lipinski definition) is 0. The Balaban J connectivity index is 1.50. The third kappa shape index (κ3) is 6.76. The number of hydrogen-bond acceptors (Lipinski definition) is 4. The zero-order valence-electron chi connectivity index (χ0n) is 27.9. The lowest BCUT2D eigenvalue weighted by molar-refractivity contribution is 0.110. The molecule has 4 heteroatoms. The number of benzene rings is 5. The summed E-state index contributed by atoms with van der Waals surface area (Å²) in [5.41, 5.74) is 11.7. The first-order valence-electron chi connectivity index (χ1n) is 16.7. The molecule has 5 aromatic rings. The Morgan fingerprint density at radius 3 is 1.68 bits per heavy atom. The Kier molecular flexibility index (Phi) is 10.2. The first kappa shape index (κ1) is 32.3. The molecule has 240 valence electrons. The van der Waals surface area contributed by atoms with Crippen molar-refractivity contribution in [1.82, 2.24) is 0 Å². The average molecular weight is 625 g/mol. The first-order chi connectivity index (χ1) is 23.0. The minimum atomic E-state index is -0.547. The maximum absolute atomic E-state index is 6.04. The van der Waals surface area contributed by atoms with Crippen LogP contribution >= 0.6 is 0 Å². The van der Waals surface area contributed by atoms with Gasteiger partial charge in [0.2, 0.25) is 0 Å². The van der Waals surface area contributed by atoms with Crippen molar-refractivity contribution in [2.24, 2.45) is 0 Å². The summed E-state index contributed by atoms with van der Waals surface area (Å²) in [6.45, 7) is 11.9. The Labute approximate surface area is 279 Å². The highest BCUT2D eigenvalue weighted by atomic mass is 16.5. The van der Waals surface area contributed by atoms with Crippen LogP contribution in [-0.4, -0.2) is 39.6 Å². The summed E-state index contributed by atoms with van der Waals surface area (Å²) >= 11 is 0. The van der Waals surface area contributed by atoms with E-state index in [0.717, 1.165) is 11.5 Å². The van der Waals surface area contributed by atoms with Crippen LogP contribution in [0, 0.1) is 6.92 Å². The summed E-state index contributed by atoms with van der Waals surface area (Å²) in [5, 5.41) is 0. The lowest BCUT2D eigenvalue weighted by Crippen LogP contribution is -2.28. The third-order valence-corrected chi connectivity index (χ3v) is 8.90. The molecule has 0 bridgehead atoms. The molecule has 4 nitrogen and oxygen atoms in total. The minimum Gasteiger partial charge on any atom is -0.491 e. The van der Waals surface area contributed by atoms with Gasteiger partial charge >= 0.3 is 0 Å². The zero-order chi connectivity index (χ0) is 32.6. The predicted molar refractivity (Wildman–Crippen MR) is 192 cm³/mol. The first-order valence-corrected chi connectivity index (χ1v) is 16.7. The van der Waals surface area contributed by atoms with Crippen LogP contribution in [0.4, 0.5) is 0 Å². The summed E-state index contributed by atoms with van der Waals surface area (Å²) in [7, 11) is 0. The molecule has 0 radical (unpaired) electrons. The zero-order valence-corrected chi connectivity index (χ0v) is 27.9. The van der Waals surface area contributed by atoms with Crippen molar-refractivity contribution < 1.29 is 18.9 Å². The van der Waals surface area contributed by atoms with E-state index >= 15 is 0 Å². The van der Waals surface area contributed by atoms with Gasteiger partial charge in [-0.3, -0.25) is 0 Å². The molecular formula is C43H44O4. The van der Waals surface area contributed by atoms with Gasteiger partial charge in [0.25, 0.3) is 0 Å². The van der Waals surface area contributed by atoms with Crippen molar-refractivity contribution >= 4 is 11.6 Å². The van der Waals surface area contributed by atoms with E-state index in [4.69, 9.17) is 18.9 Å². The Morgan fingerprint density at radius 2 is 1.13 bits per heavy atom. The monoisotopic (exact) mass is 624 g/mol. The normalized spacial score (nSPS) is 13.2. The molecule has 47 heavy (non-hydrogen) atoms. The van der Waals surface area contributed by atoms with E-state index in [0.29, 0.717) is 39.6 Å². The highest BCUT2D eigenvalue weighted by molar-refractivity contribution is 5.89. The molecule has 1 aliphatic rings. The van der Waals surface area contributed by atoms with Crippen LogP contribution in [0.15, 0.2) is 115 Å². The summed E-state index contributed by atoms with van der Waals surface area (Å²) in [4.78, 5) is 0.